The van der Waals surface area contributed by atoms with Crippen LogP contribution in [-0.4, -0.2) is 9.13 Å². The Morgan fingerprint density at radius 3 is 1.75 bits per heavy atom. The first-order chi connectivity index (χ1) is 23.8. The van der Waals surface area contributed by atoms with Crippen molar-refractivity contribution in [3.63, 3.8) is 0 Å². The highest BCUT2D eigenvalue weighted by molar-refractivity contribution is 6.26. The Kier molecular flexibility index (Phi) is 5.91. The summed E-state index contributed by atoms with van der Waals surface area (Å²) in [6, 6.07) is 66.2. The molecule has 2 heteroatoms. The molecular formula is C46H30N2. The second-order valence-electron chi connectivity index (χ2n) is 12.6. The van der Waals surface area contributed by atoms with Crippen LogP contribution >= 0.6 is 0 Å². The van der Waals surface area contributed by atoms with Crippen LogP contribution in [0.1, 0.15) is 0 Å². The second kappa shape index (κ2) is 10.6. The Hall–Kier alpha value is -6.38. The Bertz CT molecular complexity index is 2820. The third-order valence-corrected chi connectivity index (χ3v) is 9.89. The van der Waals surface area contributed by atoms with E-state index in [4.69, 9.17) is 0 Å². The molecular weight excluding hydrogens is 581 g/mol. The highest BCUT2D eigenvalue weighted by Gasteiger charge is 2.21. The Labute approximate surface area is 278 Å². The van der Waals surface area contributed by atoms with Crippen molar-refractivity contribution in [3.05, 3.63) is 182 Å². The van der Waals surface area contributed by atoms with Crippen LogP contribution in [-0.2, 0) is 0 Å². The summed E-state index contributed by atoms with van der Waals surface area (Å²) in [4.78, 5) is 0. The van der Waals surface area contributed by atoms with Gasteiger partial charge in [-0.05, 0) is 81.6 Å². The SMILES string of the molecule is c1ccc(-c2cccc(-n3c4ccccc4c4c3ccc3c5ccccc5n(-c5ccc(-c6ccc7ccccc7c6)cc5)c34)c2)cc1. The summed E-state index contributed by atoms with van der Waals surface area (Å²) in [6.07, 6.45) is 0. The first kappa shape index (κ1) is 26.8. The highest BCUT2D eigenvalue weighted by Crippen LogP contribution is 2.42. The highest BCUT2D eigenvalue weighted by atomic mass is 15.0. The van der Waals surface area contributed by atoms with Crippen LogP contribution < -0.4 is 0 Å². The molecule has 10 rings (SSSR count). The number of para-hydroxylation sites is 2. The Morgan fingerprint density at radius 2 is 0.917 bits per heavy atom. The van der Waals surface area contributed by atoms with Crippen molar-refractivity contribution >= 4 is 54.4 Å². The molecule has 0 saturated carbocycles. The molecule has 0 aliphatic heterocycles. The molecule has 2 heterocycles. The number of hydrogen-bond acceptors (Lipinski definition) is 0. The third kappa shape index (κ3) is 4.06. The van der Waals surface area contributed by atoms with E-state index in [0.717, 1.165) is 11.4 Å². The normalized spacial score (nSPS) is 11.8. The molecule has 0 bridgehead atoms. The lowest BCUT2D eigenvalue weighted by Crippen LogP contribution is -1.96. The minimum atomic E-state index is 1.15. The molecule has 0 fully saturated rings. The van der Waals surface area contributed by atoms with Gasteiger partial charge in [-0.2, -0.15) is 0 Å². The van der Waals surface area contributed by atoms with Crippen LogP contribution in [0.25, 0.3) is 88.0 Å². The summed E-state index contributed by atoms with van der Waals surface area (Å²) in [5.41, 5.74) is 12.0. The van der Waals surface area contributed by atoms with Gasteiger partial charge in [-0.1, -0.05) is 133 Å². The van der Waals surface area contributed by atoms with Gasteiger partial charge >= 0.3 is 0 Å². The molecule has 0 spiro atoms. The Morgan fingerprint density at radius 1 is 0.292 bits per heavy atom. The third-order valence-electron chi connectivity index (χ3n) is 9.89. The summed E-state index contributed by atoms with van der Waals surface area (Å²) in [6.45, 7) is 0. The minimum absolute atomic E-state index is 1.15. The summed E-state index contributed by atoms with van der Waals surface area (Å²) in [5.74, 6) is 0. The predicted octanol–water partition coefficient (Wildman–Crippen LogP) is 12.4. The van der Waals surface area contributed by atoms with Gasteiger partial charge < -0.3 is 9.13 Å². The molecule has 0 aliphatic carbocycles. The lowest BCUT2D eigenvalue weighted by molar-refractivity contribution is 1.17. The van der Waals surface area contributed by atoms with Crippen molar-refractivity contribution in [1.82, 2.24) is 9.13 Å². The average molecular weight is 611 g/mol. The Balaban J connectivity index is 1.22. The topological polar surface area (TPSA) is 9.86 Å². The molecule has 8 aromatic carbocycles. The molecule has 0 aliphatic rings. The standard InChI is InChI=1S/C46H30N2/c1-2-11-31(12-3-1)35-15-10-16-38(30-35)47-43-20-9-7-18-41(43)45-44(47)28-27-40-39-17-6-8-19-42(39)48(46(40)45)37-25-23-33(24-26-37)36-22-21-32-13-4-5-14-34(32)29-36/h1-30H. The molecule has 0 saturated heterocycles. The van der Waals surface area contributed by atoms with Crippen molar-refractivity contribution in [3.8, 4) is 33.6 Å². The number of aromatic nitrogens is 2. The molecule has 0 amide bonds. The molecule has 2 aromatic heterocycles. The van der Waals surface area contributed by atoms with E-state index in [2.05, 4.69) is 191 Å². The fraction of sp³-hybridized carbons (Fsp3) is 0. The largest absolute Gasteiger partial charge is 0.309 e. The molecule has 224 valence electrons. The maximum absolute atomic E-state index is 2.47. The van der Waals surface area contributed by atoms with Crippen molar-refractivity contribution in [2.24, 2.45) is 0 Å². The maximum Gasteiger partial charge on any atom is 0.0641 e. The number of nitrogens with zero attached hydrogens (tertiary/aromatic N) is 2. The van der Waals surface area contributed by atoms with Crippen LogP contribution in [0.5, 0.6) is 0 Å². The number of hydrogen-bond donors (Lipinski definition) is 0. The monoisotopic (exact) mass is 610 g/mol. The van der Waals surface area contributed by atoms with Crippen molar-refractivity contribution in [1.29, 1.82) is 0 Å². The van der Waals surface area contributed by atoms with Crippen molar-refractivity contribution in [2.75, 3.05) is 0 Å². The van der Waals surface area contributed by atoms with Gasteiger partial charge in [-0.3, -0.25) is 0 Å². The molecule has 0 N–H and O–H groups in total. The predicted molar refractivity (Wildman–Crippen MR) is 203 cm³/mol. The van der Waals surface area contributed by atoms with E-state index in [1.165, 1.54) is 76.6 Å². The summed E-state index contributed by atoms with van der Waals surface area (Å²) < 4.78 is 4.90. The van der Waals surface area contributed by atoms with Crippen LogP contribution in [0.3, 0.4) is 0 Å². The van der Waals surface area contributed by atoms with Gasteiger partial charge in [0.15, 0.2) is 0 Å². The van der Waals surface area contributed by atoms with E-state index in [9.17, 15) is 0 Å². The van der Waals surface area contributed by atoms with E-state index >= 15 is 0 Å². The van der Waals surface area contributed by atoms with E-state index in [-0.39, 0.29) is 0 Å². The molecule has 48 heavy (non-hydrogen) atoms. The van der Waals surface area contributed by atoms with Crippen molar-refractivity contribution < 1.29 is 0 Å². The first-order valence-corrected chi connectivity index (χ1v) is 16.5. The number of benzene rings is 8. The van der Waals surface area contributed by atoms with Crippen LogP contribution in [0.2, 0.25) is 0 Å². The van der Waals surface area contributed by atoms with Gasteiger partial charge in [-0.25, -0.2) is 0 Å². The van der Waals surface area contributed by atoms with E-state index in [1.807, 2.05) is 0 Å². The lowest BCUT2D eigenvalue weighted by Gasteiger charge is -2.12. The lowest BCUT2D eigenvalue weighted by atomic mass is 10.0. The zero-order valence-electron chi connectivity index (χ0n) is 26.2. The summed E-state index contributed by atoms with van der Waals surface area (Å²) >= 11 is 0. The summed E-state index contributed by atoms with van der Waals surface area (Å²) in [5, 5.41) is 7.56. The molecule has 10 aromatic rings. The fourth-order valence-electron chi connectivity index (χ4n) is 7.68. The van der Waals surface area contributed by atoms with Gasteiger partial charge in [0, 0.05) is 32.9 Å². The number of rotatable bonds is 4. The van der Waals surface area contributed by atoms with Gasteiger partial charge in [0.05, 0.1) is 22.1 Å². The zero-order valence-corrected chi connectivity index (χ0v) is 26.2. The minimum Gasteiger partial charge on any atom is -0.309 e. The van der Waals surface area contributed by atoms with Gasteiger partial charge in [0.1, 0.15) is 0 Å². The summed E-state index contributed by atoms with van der Waals surface area (Å²) in [7, 11) is 0. The molecule has 0 unspecified atom stereocenters. The quantitative estimate of drug-likeness (QED) is 0.188. The number of fused-ring (bicyclic) bond motifs is 8. The zero-order chi connectivity index (χ0) is 31.6. The molecule has 2 nitrogen and oxygen atoms in total. The van der Waals surface area contributed by atoms with Crippen molar-refractivity contribution in [2.45, 2.75) is 0 Å². The van der Waals surface area contributed by atoms with Gasteiger partial charge in [-0.15, -0.1) is 0 Å². The molecule has 0 atom stereocenters. The second-order valence-corrected chi connectivity index (χ2v) is 12.6. The fourth-order valence-corrected chi connectivity index (χ4v) is 7.68. The van der Waals surface area contributed by atoms with Crippen LogP contribution in [0.15, 0.2) is 182 Å². The van der Waals surface area contributed by atoms with Crippen LogP contribution in [0.4, 0.5) is 0 Å². The average Bonchev–Trinajstić information content (AvgIpc) is 3.68. The smallest absolute Gasteiger partial charge is 0.0641 e. The van der Waals surface area contributed by atoms with E-state index in [1.54, 1.807) is 0 Å². The first-order valence-electron chi connectivity index (χ1n) is 16.5. The van der Waals surface area contributed by atoms with Crippen LogP contribution in [0, 0.1) is 0 Å². The van der Waals surface area contributed by atoms with E-state index in [0.29, 0.717) is 0 Å². The molecule has 0 radical (unpaired) electrons. The van der Waals surface area contributed by atoms with Gasteiger partial charge in [0.25, 0.3) is 0 Å². The van der Waals surface area contributed by atoms with Gasteiger partial charge in [0.2, 0.25) is 0 Å². The van der Waals surface area contributed by atoms with E-state index < -0.39 is 0 Å². The maximum atomic E-state index is 2.47.